The Balaban J connectivity index is 1.28. The Hall–Kier alpha value is -3.03. The van der Waals surface area contributed by atoms with E-state index in [1.165, 1.54) is 16.7 Å². The van der Waals surface area contributed by atoms with Crippen LogP contribution in [-0.4, -0.2) is 56.6 Å². The Kier molecular flexibility index (Phi) is 8.74. The van der Waals surface area contributed by atoms with E-state index >= 15 is 0 Å². The van der Waals surface area contributed by atoms with Crippen molar-refractivity contribution in [1.82, 2.24) is 0 Å². The second-order valence-corrected chi connectivity index (χ2v) is 13.2. The zero-order chi connectivity index (χ0) is 30.1. The Labute approximate surface area is 259 Å². The summed E-state index contributed by atoms with van der Waals surface area (Å²) in [5.74, 6) is 0.377. The minimum Gasteiger partial charge on any atom is -0.490 e. The monoisotopic (exact) mass is 607 g/mol. The molecule has 0 radical (unpaired) electrons. The van der Waals surface area contributed by atoms with Crippen molar-refractivity contribution in [3.05, 3.63) is 69.8 Å². The Morgan fingerprint density at radius 2 is 2.02 bits per heavy atom. The molecule has 1 fully saturated rings. The lowest BCUT2D eigenvalue weighted by Crippen LogP contribution is -2.50. The number of carboxylic acids is 1. The van der Waals surface area contributed by atoms with Crippen LogP contribution in [0.5, 0.6) is 5.75 Å². The number of benzene rings is 2. The zero-order valence-corrected chi connectivity index (χ0v) is 25.9. The third kappa shape index (κ3) is 5.91. The first kappa shape index (κ1) is 30.0. The van der Waals surface area contributed by atoms with Crippen LogP contribution in [0.3, 0.4) is 0 Å². The first-order valence-electron chi connectivity index (χ1n) is 15.7. The third-order valence-electron chi connectivity index (χ3n) is 10.3. The molecular formula is C35H42ClNO6. The molecule has 0 aromatic heterocycles. The summed E-state index contributed by atoms with van der Waals surface area (Å²) in [6.07, 6.45) is 9.80. The lowest BCUT2D eigenvalue weighted by Gasteiger charge is -2.47. The number of hydrogen-bond acceptors (Lipinski definition) is 6. The highest BCUT2D eigenvalue weighted by Gasteiger charge is 2.45. The van der Waals surface area contributed by atoms with Crippen molar-refractivity contribution in [1.29, 1.82) is 0 Å². The second kappa shape index (κ2) is 12.5. The molecule has 7 nitrogen and oxygen atoms in total. The Morgan fingerprint density at radius 3 is 2.72 bits per heavy atom. The number of rotatable bonds is 8. The standard InChI is InChI=1S/C35H42ClNO6/c1-3-42-34(40)23-8-6-22(7-9-23)32(41-2)28-13-10-26(28)19-37-20-35(16-4-5-24-17-27(36)12-14-29(24)35)21-43-31-15-11-25(33(38)39)18-30(31)37/h6,11-12,14-15,17-18,23,26,28,32H,3-5,7-10,13,16,19-21H2,1-2H3,(H,38,39)/t23-,26-,28+,32?,35?/m0/s1. The maximum absolute atomic E-state index is 12.3. The van der Waals surface area contributed by atoms with Gasteiger partial charge in [0.2, 0.25) is 0 Å². The lowest BCUT2D eigenvalue weighted by atomic mass is 9.66. The quantitative estimate of drug-likeness (QED) is 0.260. The van der Waals surface area contributed by atoms with Crippen molar-refractivity contribution in [2.45, 2.75) is 69.8 Å². The van der Waals surface area contributed by atoms with Gasteiger partial charge in [-0.05, 0) is 117 Å². The van der Waals surface area contributed by atoms with Crippen molar-refractivity contribution in [2.24, 2.45) is 17.8 Å². The second-order valence-electron chi connectivity index (χ2n) is 12.8. The van der Waals surface area contributed by atoms with Gasteiger partial charge < -0.3 is 24.2 Å². The molecular weight excluding hydrogens is 566 g/mol. The van der Waals surface area contributed by atoms with Gasteiger partial charge in [0, 0.05) is 30.6 Å². The van der Waals surface area contributed by atoms with Crippen molar-refractivity contribution in [2.75, 3.05) is 38.3 Å². The van der Waals surface area contributed by atoms with Crippen LogP contribution in [0.25, 0.3) is 0 Å². The highest BCUT2D eigenvalue weighted by molar-refractivity contribution is 6.30. The molecule has 6 rings (SSSR count). The SMILES string of the molecule is CCOC(=O)[C@H]1CC=C(C(OC)[C@@H]2CC[C@H]2CN2CC3(CCCc4cc(Cl)ccc43)COc3ccc(C(=O)O)cc32)CC1. The smallest absolute Gasteiger partial charge is 0.335 e. The molecule has 1 saturated carbocycles. The predicted molar refractivity (Wildman–Crippen MR) is 166 cm³/mol. The number of carboxylic acid groups (broad SMARTS) is 1. The number of carbonyl (C=O) groups excluding carboxylic acids is 1. The molecule has 4 aliphatic rings. The lowest BCUT2D eigenvalue weighted by molar-refractivity contribution is -0.148. The normalized spacial score (nSPS) is 27.1. The number of aryl methyl sites for hydroxylation is 1. The number of fused-ring (bicyclic) bond motifs is 3. The Morgan fingerprint density at radius 1 is 1.16 bits per heavy atom. The van der Waals surface area contributed by atoms with E-state index in [2.05, 4.69) is 23.1 Å². The maximum Gasteiger partial charge on any atom is 0.335 e. The van der Waals surface area contributed by atoms with Crippen molar-refractivity contribution < 1.29 is 28.9 Å². The number of halogens is 1. The summed E-state index contributed by atoms with van der Waals surface area (Å²) in [5, 5.41) is 10.6. The molecule has 1 aliphatic heterocycles. The van der Waals surface area contributed by atoms with Crippen LogP contribution in [0.15, 0.2) is 48.0 Å². The summed E-state index contributed by atoms with van der Waals surface area (Å²) in [7, 11) is 1.80. The number of hydrogen-bond donors (Lipinski definition) is 1. The molecule has 2 aromatic rings. The van der Waals surface area contributed by atoms with Crippen LogP contribution in [-0.2, 0) is 26.1 Å². The molecule has 230 valence electrons. The molecule has 2 aromatic carbocycles. The van der Waals surface area contributed by atoms with Gasteiger partial charge >= 0.3 is 11.9 Å². The molecule has 1 N–H and O–H groups in total. The minimum absolute atomic E-state index is 0.0152. The molecule has 0 saturated heterocycles. The molecule has 43 heavy (non-hydrogen) atoms. The zero-order valence-electron chi connectivity index (χ0n) is 25.1. The molecule has 5 atom stereocenters. The van der Waals surface area contributed by atoms with Crippen LogP contribution in [0.4, 0.5) is 5.69 Å². The van der Waals surface area contributed by atoms with Crippen LogP contribution >= 0.6 is 11.6 Å². The molecule has 1 spiro atoms. The largest absolute Gasteiger partial charge is 0.490 e. The number of nitrogens with zero attached hydrogens (tertiary/aromatic N) is 1. The van der Waals surface area contributed by atoms with Gasteiger partial charge in [-0.2, -0.15) is 0 Å². The number of anilines is 1. The molecule has 3 aliphatic carbocycles. The summed E-state index contributed by atoms with van der Waals surface area (Å²) >= 11 is 6.40. The van der Waals surface area contributed by atoms with Gasteiger partial charge in [-0.25, -0.2) is 4.79 Å². The van der Waals surface area contributed by atoms with E-state index in [1.54, 1.807) is 19.2 Å². The van der Waals surface area contributed by atoms with Gasteiger partial charge in [-0.3, -0.25) is 4.79 Å². The number of ether oxygens (including phenoxy) is 3. The molecule has 2 unspecified atom stereocenters. The van der Waals surface area contributed by atoms with Gasteiger partial charge in [0.05, 0.1) is 36.5 Å². The average Bonchev–Trinajstić information content (AvgIpc) is 3.15. The fourth-order valence-corrected chi connectivity index (χ4v) is 8.13. The van der Waals surface area contributed by atoms with Crippen LogP contribution in [0, 0.1) is 17.8 Å². The number of carbonyl (C=O) groups is 2. The van der Waals surface area contributed by atoms with Crippen molar-refractivity contribution in [3.8, 4) is 5.75 Å². The Bertz CT molecular complexity index is 1410. The van der Waals surface area contributed by atoms with Crippen LogP contribution < -0.4 is 9.64 Å². The fraction of sp³-hybridized carbons (Fsp3) is 0.543. The van der Waals surface area contributed by atoms with Crippen molar-refractivity contribution in [3.63, 3.8) is 0 Å². The molecule has 1 heterocycles. The summed E-state index contributed by atoms with van der Waals surface area (Å²) in [5.41, 5.74) is 4.78. The number of aromatic carboxylic acids is 1. The van der Waals surface area contributed by atoms with E-state index in [0.717, 1.165) is 74.5 Å². The number of allylic oxidation sites excluding steroid dienone is 1. The topological polar surface area (TPSA) is 85.3 Å². The summed E-state index contributed by atoms with van der Waals surface area (Å²) in [6.45, 7) is 4.35. The van der Waals surface area contributed by atoms with Crippen LogP contribution in [0.1, 0.15) is 73.4 Å². The summed E-state index contributed by atoms with van der Waals surface area (Å²) in [6, 6.07) is 11.5. The maximum atomic E-state index is 12.3. The molecule has 0 amide bonds. The van der Waals surface area contributed by atoms with E-state index in [-0.39, 0.29) is 29.0 Å². The van der Waals surface area contributed by atoms with E-state index in [4.69, 9.17) is 25.8 Å². The molecule has 8 heteroatoms. The van der Waals surface area contributed by atoms with Gasteiger partial charge in [0.15, 0.2) is 0 Å². The van der Waals surface area contributed by atoms with E-state index < -0.39 is 5.97 Å². The average molecular weight is 608 g/mol. The number of esters is 1. The van der Waals surface area contributed by atoms with Gasteiger partial charge in [-0.1, -0.05) is 23.7 Å². The third-order valence-corrected chi connectivity index (χ3v) is 10.5. The first-order valence-corrected chi connectivity index (χ1v) is 16.1. The molecule has 0 bridgehead atoms. The van der Waals surface area contributed by atoms with Gasteiger partial charge in [0.1, 0.15) is 5.75 Å². The van der Waals surface area contributed by atoms with Crippen molar-refractivity contribution >= 4 is 29.2 Å². The van der Waals surface area contributed by atoms with E-state index in [9.17, 15) is 14.7 Å². The van der Waals surface area contributed by atoms with Gasteiger partial charge in [-0.15, -0.1) is 0 Å². The first-order chi connectivity index (χ1) is 20.8. The number of methoxy groups -OCH3 is 1. The fourth-order valence-electron chi connectivity index (χ4n) is 7.94. The summed E-state index contributed by atoms with van der Waals surface area (Å²) in [4.78, 5) is 26.7. The van der Waals surface area contributed by atoms with E-state index in [1.807, 2.05) is 19.1 Å². The highest BCUT2D eigenvalue weighted by atomic mass is 35.5. The van der Waals surface area contributed by atoms with Gasteiger partial charge in [0.25, 0.3) is 0 Å². The minimum atomic E-state index is -0.939. The predicted octanol–water partition coefficient (Wildman–Crippen LogP) is 6.84. The van der Waals surface area contributed by atoms with E-state index in [0.29, 0.717) is 31.5 Å². The summed E-state index contributed by atoms with van der Waals surface area (Å²) < 4.78 is 17.9. The highest BCUT2D eigenvalue weighted by Crippen LogP contribution is 2.48. The van der Waals surface area contributed by atoms with Crippen LogP contribution in [0.2, 0.25) is 5.02 Å².